The van der Waals surface area contributed by atoms with E-state index in [0.717, 1.165) is 0 Å². The Kier molecular flexibility index (Phi) is 3.62. The Labute approximate surface area is 85.9 Å². The van der Waals surface area contributed by atoms with Crippen LogP contribution in [-0.2, 0) is 4.79 Å². The Morgan fingerprint density at radius 3 is 2.20 bits per heavy atom. The van der Waals surface area contributed by atoms with Crippen molar-refractivity contribution in [1.82, 2.24) is 0 Å². The highest BCUT2D eigenvalue weighted by Crippen LogP contribution is 2.18. The number of nitrogens with one attached hydrogen (secondary N) is 1. The van der Waals surface area contributed by atoms with Gasteiger partial charge in [-0.2, -0.15) is 0 Å². The summed E-state index contributed by atoms with van der Waals surface area (Å²) in [4.78, 5) is 10.4. The Morgan fingerprint density at radius 1 is 1.27 bits per heavy atom. The second kappa shape index (κ2) is 4.74. The van der Waals surface area contributed by atoms with Gasteiger partial charge >= 0.3 is 5.97 Å². The molecule has 1 rings (SSSR count). The number of anilines is 1. The van der Waals surface area contributed by atoms with E-state index < -0.39 is 18.2 Å². The Bertz CT molecular complexity index is 338. The molecule has 2 unspecified atom stereocenters. The lowest BCUT2D eigenvalue weighted by Gasteiger charge is -2.14. The molecule has 15 heavy (non-hydrogen) atoms. The van der Waals surface area contributed by atoms with Crippen LogP contribution in [0, 0.1) is 0 Å². The zero-order chi connectivity index (χ0) is 11.4. The lowest BCUT2D eigenvalue weighted by Crippen LogP contribution is -2.27. The Balaban J connectivity index is 2.82. The molecular weight excluding hydrogens is 200 g/mol. The molecule has 0 aromatic heterocycles. The number of hydrazine groups is 1. The van der Waals surface area contributed by atoms with Crippen molar-refractivity contribution in [2.24, 2.45) is 5.84 Å². The van der Waals surface area contributed by atoms with Crippen LogP contribution in [0.3, 0.4) is 0 Å². The van der Waals surface area contributed by atoms with Crippen LogP contribution in [-0.4, -0.2) is 27.4 Å². The summed E-state index contributed by atoms with van der Waals surface area (Å²) in [6, 6.07) is 6.08. The molecule has 0 aliphatic heterocycles. The van der Waals surface area contributed by atoms with Crippen molar-refractivity contribution < 1.29 is 20.1 Å². The van der Waals surface area contributed by atoms with E-state index in [9.17, 15) is 9.90 Å². The number of carboxylic acids is 1. The standard InChI is InChI=1S/C9H12N2O4/c10-11-6-3-1-5(2-4-6)7(12)8(13)9(14)15/h1-4,7-8,11-13H,10H2,(H,14,15). The summed E-state index contributed by atoms with van der Waals surface area (Å²) in [5, 5.41) is 27.0. The highest BCUT2D eigenvalue weighted by atomic mass is 16.4. The molecule has 0 amide bonds. The first-order valence-corrected chi connectivity index (χ1v) is 4.21. The van der Waals surface area contributed by atoms with Gasteiger partial charge in [-0.15, -0.1) is 0 Å². The van der Waals surface area contributed by atoms with Crippen LogP contribution in [0.15, 0.2) is 24.3 Å². The van der Waals surface area contributed by atoms with Crippen molar-refractivity contribution in [3.63, 3.8) is 0 Å². The summed E-state index contributed by atoms with van der Waals surface area (Å²) >= 11 is 0. The van der Waals surface area contributed by atoms with Crippen molar-refractivity contribution in [3.8, 4) is 0 Å². The third-order valence-corrected chi connectivity index (χ3v) is 1.97. The number of aliphatic hydroxyl groups excluding tert-OH is 2. The molecular formula is C9H12N2O4. The van der Waals surface area contributed by atoms with E-state index >= 15 is 0 Å². The Hall–Kier alpha value is -1.63. The number of aliphatic carboxylic acids is 1. The van der Waals surface area contributed by atoms with Crippen molar-refractivity contribution in [1.29, 1.82) is 0 Å². The summed E-state index contributed by atoms with van der Waals surface area (Å²) in [5.74, 6) is 3.66. The van der Waals surface area contributed by atoms with Crippen molar-refractivity contribution in [2.45, 2.75) is 12.2 Å². The van der Waals surface area contributed by atoms with E-state index in [-0.39, 0.29) is 0 Å². The Morgan fingerprint density at radius 2 is 1.80 bits per heavy atom. The van der Waals surface area contributed by atoms with Gasteiger partial charge in [0.25, 0.3) is 0 Å². The number of carboxylic acid groups (broad SMARTS) is 1. The molecule has 82 valence electrons. The van der Waals surface area contributed by atoms with Crippen LogP contribution in [0.4, 0.5) is 5.69 Å². The smallest absolute Gasteiger partial charge is 0.335 e. The molecule has 0 bridgehead atoms. The van der Waals surface area contributed by atoms with Crippen LogP contribution >= 0.6 is 0 Å². The first kappa shape index (κ1) is 11.4. The highest BCUT2D eigenvalue weighted by molar-refractivity contribution is 5.73. The number of hydrogen-bond acceptors (Lipinski definition) is 5. The molecule has 0 spiro atoms. The van der Waals surface area contributed by atoms with Gasteiger partial charge in [-0.05, 0) is 17.7 Å². The fourth-order valence-corrected chi connectivity index (χ4v) is 1.09. The predicted octanol–water partition coefficient (Wildman–Crippen LogP) is -0.549. The summed E-state index contributed by atoms with van der Waals surface area (Å²) in [6.45, 7) is 0. The van der Waals surface area contributed by atoms with Gasteiger partial charge in [0.15, 0.2) is 6.10 Å². The maximum atomic E-state index is 10.4. The zero-order valence-electron chi connectivity index (χ0n) is 7.79. The normalized spacial score (nSPS) is 14.3. The van der Waals surface area contributed by atoms with Crippen LogP contribution < -0.4 is 11.3 Å². The fourth-order valence-electron chi connectivity index (χ4n) is 1.09. The summed E-state index contributed by atoms with van der Waals surface area (Å²) < 4.78 is 0. The molecule has 1 aromatic carbocycles. The van der Waals surface area contributed by atoms with E-state index in [2.05, 4.69) is 5.43 Å². The SMILES string of the molecule is NNc1ccc(C(O)C(O)C(=O)O)cc1. The summed E-state index contributed by atoms with van der Waals surface area (Å²) in [7, 11) is 0. The molecule has 2 atom stereocenters. The van der Waals surface area contributed by atoms with Crippen LogP contribution in [0.1, 0.15) is 11.7 Å². The molecule has 6 N–H and O–H groups in total. The van der Waals surface area contributed by atoms with Crippen LogP contribution in [0.2, 0.25) is 0 Å². The number of nitrogens with two attached hydrogens (primary N) is 1. The molecule has 0 saturated carbocycles. The minimum Gasteiger partial charge on any atom is -0.479 e. The number of hydrogen-bond donors (Lipinski definition) is 5. The molecule has 0 fully saturated rings. The van der Waals surface area contributed by atoms with Gasteiger partial charge in [-0.1, -0.05) is 12.1 Å². The van der Waals surface area contributed by atoms with Gasteiger partial charge in [0.2, 0.25) is 0 Å². The summed E-state index contributed by atoms with van der Waals surface area (Å²) in [5.41, 5.74) is 3.31. The monoisotopic (exact) mass is 212 g/mol. The van der Waals surface area contributed by atoms with Gasteiger partial charge in [-0.25, -0.2) is 4.79 Å². The third-order valence-electron chi connectivity index (χ3n) is 1.97. The molecule has 0 radical (unpaired) electrons. The van der Waals surface area contributed by atoms with Gasteiger partial charge in [0.05, 0.1) is 0 Å². The third kappa shape index (κ3) is 2.66. The topological polar surface area (TPSA) is 116 Å². The van der Waals surface area contributed by atoms with E-state index in [4.69, 9.17) is 16.1 Å². The number of carbonyl (C=O) groups is 1. The fraction of sp³-hybridized carbons (Fsp3) is 0.222. The zero-order valence-corrected chi connectivity index (χ0v) is 7.79. The minimum atomic E-state index is -1.83. The maximum absolute atomic E-state index is 10.4. The highest BCUT2D eigenvalue weighted by Gasteiger charge is 2.24. The molecule has 0 saturated heterocycles. The summed E-state index contributed by atoms with van der Waals surface area (Å²) in [6.07, 6.45) is -3.28. The quantitative estimate of drug-likeness (QED) is 0.338. The molecule has 0 aliphatic carbocycles. The first-order valence-electron chi connectivity index (χ1n) is 4.21. The average Bonchev–Trinajstić information content (AvgIpc) is 2.27. The van der Waals surface area contributed by atoms with Crippen molar-refractivity contribution >= 4 is 11.7 Å². The average molecular weight is 212 g/mol. The largest absolute Gasteiger partial charge is 0.479 e. The number of nitrogen functional groups attached to an aromatic ring is 1. The molecule has 6 heteroatoms. The van der Waals surface area contributed by atoms with Gasteiger partial charge in [0.1, 0.15) is 6.10 Å². The predicted molar refractivity (Wildman–Crippen MR) is 52.9 cm³/mol. The van der Waals surface area contributed by atoms with Crippen LogP contribution in [0.25, 0.3) is 0 Å². The lowest BCUT2D eigenvalue weighted by atomic mass is 10.0. The van der Waals surface area contributed by atoms with Gasteiger partial charge in [-0.3, -0.25) is 5.84 Å². The molecule has 0 aliphatic rings. The van der Waals surface area contributed by atoms with E-state index in [0.29, 0.717) is 11.3 Å². The van der Waals surface area contributed by atoms with Gasteiger partial charge < -0.3 is 20.7 Å². The maximum Gasteiger partial charge on any atom is 0.335 e. The number of rotatable bonds is 4. The van der Waals surface area contributed by atoms with Crippen LogP contribution in [0.5, 0.6) is 0 Å². The second-order valence-electron chi connectivity index (χ2n) is 2.99. The number of benzene rings is 1. The molecule has 0 heterocycles. The first-order chi connectivity index (χ1) is 7.06. The van der Waals surface area contributed by atoms with E-state index in [1.165, 1.54) is 12.1 Å². The van der Waals surface area contributed by atoms with E-state index in [1.807, 2.05) is 0 Å². The molecule has 1 aromatic rings. The number of aliphatic hydroxyl groups is 2. The van der Waals surface area contributed by atoms with Gasteiger partial charge in [0, 0.05) is 5.69 Å². The van der Waals surface area contributed by atoms with Crippen molar-refractivity contribution in [2.75, 3.05) is 5.43 Å². The molecule has 6 nitrogen and oxygen atoms in total. The minimum absolute atomic E-state index is 0.309. The van der Waals surface area contributed by atoms with Crippen molar-refractivity contribution in [3.05, 3.63) is 29.8 Å². The second-order valence-corrected chi connectivity index (χ2v) is 2.99. The lowest BCUT2D eigenvalue weighted by molar-refractivity contribution is -0.153. The van der Waals surface area contributed by atoms with E-state index in [1.54, 1.807) is 12.1 Å².